The van der Waals surface area contributed by atoms with Crippen molar-refractivity contribution in [3.8, 4) is 6.07 Å². The predicted molar refractivity (Wildman–Crippen MR) is 66.8 cm³/mol. The number of nitriles is 1. The smallest absolute Gasteiger partial charge is 0.261 e. The van der Waals surface area contributed by atoms with Crippen molar-refractivity contribution < 1.29 is 4.79 Å². The number of benzene rings is 1. The van der Waals surface area contributed by atoms with Crippen LogP contribution in [0.4, 0.5) is 0 Å². The number of amides is 1. The molecular weight excluding hydrogens is 291 g/mol. The number of halogens is 2. The summed E-state index contributed by atoms with van der Waals surface area (Å²) >= 11 is 9.24. The second-order valence-corrected chi connectivity index (χ2v) is 4.24. The molecule has 0 atom stereocenters. The Morgan fingerprint density at radius 2 is 2.31 bits per heavy atom. The molecule has 1 N–H and O–H groups in total. The summed E-state index contributed by atoms with van der Waals surface area (Å²) in [6.07, 6.45) is 1.45. The Balaban J connectivity index is 3.15. The van der Waals surface area contributed by atoms with Gasteiger partial charge in [0.2, 0.25) is 0 Å². The van der Waals surface area contributed by atoms with E-state index in [0.29, 0.717) is 10.6 Å². The Bertz CT molecular complexity index is 491. The van der Waals surface area contributed by atoms with Gasteiger partial charge < -0.3 is 5.32 Å². The van der Waals surface area contributed by atoms with Crippen LogP contribution in [0.3, 0.4) is 0 Å². The van der Waals surface area contributed by atoms with Crippen LogP contribution in [-0.4, -0.2) is 13.0 Å². The molecule has 1 aromatic carbocycles. The summed E-state index contributed by atoms with van der Waals surface area (Å²) in [5.74, 6) is -0.429. The Morgan fingerprint density at radius 1 is 1.62 bits per heavy atom. The van der Waals surface area contributed by atoms with Crippen molar-refractivity contribution in [1.82, 2.24) is 5.32 Å². The molecule has 1 rings (SSSR count). The zero-order chi connectivity index (χ0) is 12.1. The van der Waals surface area contributed by atoms with Crippen LogP contribution in [0, 0.1) is 11.3 Å². The Morgan fingerprint density at radius 3 is 2.81 bits per heavy atom. The lowest BCUT2D eigenvalue weighted by Gasteiger charge is -2.00. The standard InChI is InChI=1S/C11H8BrClN2O/c1-15-11(16)8(6-14)4-7-2-3-9(12)5-10(7)13/h2-5H,1H3,(H,15,16)/b8-4+. The van der Waals surface area contributed by atoms with E-state index in [1.54, 1.807) is 18.2 Å². The summed E-state index contributed by atoms with van der Waals surface area (Å²) in [6.45, 7) is 0. The fourth-order valence-electron chi connectivity index (χ4n) is 1.06. The van der Waals surface area contributed by atoms with Gasteiger partial charge in [0.1, 0.15) is 11.6 Å². The number of hydrogen-bond acceptors (Lipinski definition) is 2. The molecule has 0 spiro atoms. The van der Waals surface area contributed by atoms with E-state index in [-0.39, 0.29) is 5.57 Å². The molecule has 0 saturated heterocycles. The zero-order valence-electron chi connectivity index (χ0n) is 8.42. The van der Waals surface area contributed by atoms with Crippen molar-refractivity contribution >= 4 is 39.5 Å². The Hall–Kier alpha value is -1.31. The van der Waals surface area contributed by atoms with Crippen LogP contribution in [-0.2, 0) is 4.79 Å². The highest BCUT2D eigenvalue weighted by atomic mass is 79.9. The van der Waals surface area contributed by atoms with E-state index in [1.165, 1.54) is 13.1 Å². The summed E-state index contributed by atoms with van der Waals surface area (Å²) in [5, 5.41) is 11.7. The van der Waals surface area contributed by atoms with E-state index in [4.69, 9.17) is 16.9 Å². The van der Waals surface area contributed by atoms with Gasteiger partial charge in [-0.15, -0.1) is 0 Å². The summed E-state index contributed by atoms with van der Waals surface area (Å²) in [7, 11) is 1.47. The minimum absolute atomic E-state index is 0.0201. The molecule has 0 heterocycles. The van der Waals surface area contributed by atoms with Gasteiger partial charge in [-0.2, -0.15) is 5.26 Å². The van der Waals surface area contributed by atoms with Crippen LogP contribution < -0.4 is 5.32 Å². The quantitative estimate of drug-likeness (QED) is 0.674. The minimum Gasteiger partial charge on any atom is -0.354 e. The van der Waals surface area contributed by atoms with Gasteiger partial charge in [-0.3, -0.25) is 4.79 Å². The van der Waals surface area contributed by atoms with E-state index >= 15 is 0 Å². The van der Waals surface area contributed by atoms with Gasteiger partial charge in [-0.1, -0.05) is 33.6 Å². The van der Waals surface area contributed by atoms with E-state index in [1.807, 2.05) is 6.07 Å². The molecule has 5 heteroatoms. The first kappa shape index (κ1) is 12.8. The summed E-state index contributed by atoms with van der Waals surface area (Å²) in [6, 6.07) is 7.04. The maximum absolute atomic E-state index is 11.3. The fraction of sp³-hybridized carbons (Fsp3) is 0.0909. The lowest BCUT2D eigenvalue weighted by molar-refractivity contribution is -0.116. The molecule has 0 fully saturated rings. The normalized spacial score (nSPS) is 10.8. The lowest BCUT2D eigenvalue weighted by atomic mass is 10.1. The number of rotatable bonds is 2. The van der Waals surface area contributed by atoms with Gasteiger partial charge in [-0.25, -0.2) is 0 Å². The second kappa shape index (κ2) is 5.69. The Kier molecular flexibility index (Phi) is 4.53. The second-order valence-electron chi connectivity index (χ2n) is 2.91. The van der Waals surface area contributed by atoms with Crippen LogP contribution in [0.1, 0.15) is 5.56 Å². The van der Waals surface area contributed by atoms with E-state index < -0.39 is 5.91 Å². The maximum atomic E-state index is 11.3. The molecule has 82 valence electrons. The monoisotopic (exact) mass is 298 g/mol. The lowest BCUT2D eigenvalue weighted by Crippen LogP contribution is -2.19. The summed E-state index contributed by atoms with van der Waals surface area (Å²) in [4.78, 5) is 11.3. The molecule has 3 nitrogen and oxygen atoms in total. The molecule has 0 aliphatic carbocycles. The molecule has 0 unspecified atom stereocenters. The average molecular weight is 300 g/mol. The van der Waals surface area contributed by atoms with Crippen LogP contribution in [0.5, 0.6) is 0 Å². The van der Waals surface area contributed by atoms with Crippen molar-refractivity contribution in [3.63, 3.8) is 0 Å². The first-order chi connectivity index (χ1) is 7.58. The SMILES string of the molecule is CNC(=O)/C(C#N)=C/c1ccc(Br)cc1Cl. The third kappa shape index (κ3) is 3.09. The number of nitrogens with one attached hydrogen (secondary N) is 1. The molecule has 1 amide bonds. The molecule has 0 bridgehead atoms. The van der Waals surface area contributed by atoms with E-state index in [9.17, 15) is 4.79 Å². The summed E-state index contributed by atoms with van der Waals surface area (Å²) < 4.78 is 0.841. The fourth-order valence-corrected chi connectivity index (χ4v) is 1.79. The number of hydrogen-bond donors (Lipinski definition) is 1. The average Bonchev–Trinajstić information content (AvgIpc) is 2.27. The third-order valence-corrected chi connectivity index (χ3v) is 2.68. The number of carbonyl (C=O) groups excluding carboxylic acids is 1. The molecule has 0 saturated carbocycles. The van der Waals surface area contributed by atoms with Crippen molar-refractivity contribution in [2.75, 3.05) is 7.05 Å². The van der Waals surface area contributed by atoms with Gasteiger partial charge in [0, 0.05) is 16.5 Å². The van der Waals surface area contributed by atoms with E-state index in [0.717, 1.165) is 4.47 Å². The van der Waals surface area contributed by atoms with Crippen molar-refractivity contribution in [2.45, 2.75) is 0 Å². The zero-order valence-corrected chi connectivity index (χ0v) is 10.8. The predicted octanol–water partition coefficient (Wildman–Crippen LogP) is 2.76. The third-order valence-electron chi connectivity index (χ3n) is 1.85. The van der Waals surface area contributed by atoms with Crippen molar-refractivity contribution in [2.24, 2.45) is 0 Å². The molecular formula is C11H8BrClN2O. The van der Waals surface area contributed by atoms with Gasteiger partial charge >= 0.3 is 0 Å². The molecule has 0 aromatic heterocycles. The van der Waals surface area contributed by atoms with Crippen LogP contribution in [0.25, 0.3) is 6.08 Å². The first-order valence-corrected chi connectivity index (χ1v) is 5.54. The number of carbonyl (C=O) groups is 1. The molecule has 16 heavy (non-hydrogen) atoms. The topological polar surface area (TPSA) is 52.9 Å². The highest BCUT2D eigenvalue weighted by molar-refractivity contribution is 9.10. The van der Waals surface area contributed by atoms with Crippen LogP contribution in [0.15, 0.2) is 28.2 Å². The molecule has 0 aliphatic heterocycles. The number of likely N-dealkylation sites (N-methyl/N-ethyl adjacent to an activating group) is 1. The molecule has 1 aromatic rings. The molecule has 0 radical (unpaired) electrons. The number of nitrogens with zero attached hydrogens (tertiary/aromatic N) is 1. The van der Waals surface area contributed by atoms with Gasteiger partial charge in [-0.05, 0) is 23.8 Å². The van der Waals surface area contributed by atoms with Crippen molar-refractivity contribution in [1.29, 1.82) is 5.26 Å². The van der Waals surface area contributed by atoms with Crippen molar-refractivity contribution in [3.05, 3.63) is 38.8 Å². The van der Waals surface area contributed by atoms with Crippen LogP contribution in [0.2, 0.25) is 5.02 Å². The maximum Gasteiger partial charge on any atom is 0.261 e. The highest BCUT2D eigenvalue weighted by Gasteiger charge is 2.07. The van der Waals surface area contributed by atoms with Crippen LogP contribution >= 0.6 is 27.5 Å². The Labute approximate surface area is 107 Å². The summed E-state index contributed by atoms with van der Waals surface area (Å²) in [5.41, 5.74) is 0.650. The van der Waals surface area contributed by atoms with Gasteiger partial charge in [0.25, 0.3) is 5.91 Å². The van der Waals surface area contributed by atoms with Gasteiger partial charge in [0.05, 0.1) is 0 Å². The van der Waals surface area contributed by atoms with E-state index in [2.05, 4.69) is 21.2 Å². The largest absolute Gasteiger partial charge is 0.354 e. The minimum atomic E-state index is -0.429. The molecule has 0 aliphatic rings. The van der Waals surface area contributed by atoms with Gasteiger partial charge in [0.15, 0.2) is 0 Å². The highest BCUT2D eigenvalue weighted by Crippen LogP contribution is 2.23. The first-order valence-electron chi connectivity index (χ1n) is 4.37.